The summed E-state index contributed by atoms with van der Waals surface area (Å²) >= 11 is 2.37. The summed E-state index contributed by atoms with van der Waals surface area (Å²) < 4.78 is 1.61. The molecule has 0 amide bonds. The molecule has 1 atom stereocenters. The number of unbranched alkanes of at least 4 members (excludes halogenated alkanes) is 1. The number of rotatable bonds is 7. The molecule has 0 spiro atoms. The Bertz CT molecular complexity index is 775. The van der Waals surface area contributed by atoms with E-state index in [0.717, 1.165) is 12.8 Å². The first-order valence-corrected chi connectivity index (χ1v) is 12.9. The molecule has 2 aromatic rings. The molecular formula is C23H27Cl3SiTi. The predicted molar refractivity (Wildman–Crippen MR) is 107 cm³/mol. The normalized spacial score (nSPS) is 14.9. The first-order valence-electron chi connectivity index (χ1n) is 9.39. The van der Waals surface area contributed by atoms with Crippen molar-refractivity contribution >= 4 is 13.3 Å². The largest absolute Gasteiger partial charge is 1.00 e. The van der Waals surface area contributed by atoms with E-state index in [1.807, 2.05) is 0 Å². The van der Waals surface area contributed by atoms with Crippen molar-refractivity contribution in [2.75, 3.05) is 0 Å². The zero-order chi connectivity index (χ0) is 17.7. The number of hydrogen-bond acceptors (Lipinski definition) is 0. The van der Waals surface area contributed by atoms with Crippen LogP contribution in [0.15, 0.2) is 81.4 Å². The average molecular weight is 486 g/mol. The summed E-state index contributed by atoms with van der Waals surface area (Å²) in [4.78, 5) is 0. The minimum absolute atomic E-state index is 0. The zero-order valence-corrected chi connectivity index (χ0v) is 21.3. The fraction of sp³-hybridized carbons (Fsp3) is 0.304. The Morgan fingerprint density at radius 1 is 0.893 bits per heavy atom. The smallest absolute Gasteiger partial charge is 1.00 e. The van der Waals surface area contributed by atoms with Crippen LogP contribution in [0.4, 0.5) is 0 Å². The van der Waals surface area contributed by atoms with E-state index in [1.165, 1.54) is 24.4 Å². The Labute approximate surface area is 201 Å². The van der Waals surface area contributed by atoms with Gasteiger partial charge < -0.3 is 37.2 Å². The third kappa shape index (κ3) is 6.36. The first kappa shape index (κ1) is 27.7. The quantitative estimate of drug-likeness (QED) is 0.361. The van der Waals surface area contributed by atoms with Crippen LogP contribution in [-0.4, -0.2) is 8.07 Å². The summed E-state index contributed by atoms with van der Waals surface area (Å²) in [6.07, 6.45) is 7.32. The maximum atomic E-state index is 2.60. The van der Waals surface area contributed by atoms with Crippen molar-refractivity contribution < 1.29 is 57.7 Å². The Hall–Kier alpha value is -0.279. The first-order chi connectivity index (χ1) is 12.1. The second kappa shape index (κ2) is 13.1. The summed E-state index contributed by atoms with van der Waals surface area (Å²) in [6, 6.07) is 23.6. The number of allylic oxidation sites excluding steroid dienone is 4. The standard InChI is InChI=1S/C23H27Si.3ClH.Ti/c1-3-4-18-24(2,22-15-9-6-10-16-22)23-17-11-14-21(23)19-20-12-7-5-8-13-20;;;;/h5-10,12-16H,3-4,11,18-19H2,1-2H3;3*1H;/q;;;;+3/p-3. The monoisotopic (exact) mass is 484 g/mol. The average Bonchev–Trinajstić information content (AvgIpc) is 3.02. The summed E-state index contributed by atoms with van der Waals surface area (Å²) in [5.41, 5.74) is 3.03. The van der Waals surface area contributed by atoms with Crippen LogP contribution >= 0.6 is 0 Å². The third-order valence-electron chi connectivity index (χ3n) is 5.41. The molecule has 0 aromatic heterocycles. The molecule has 0 saturated heterocycles. The molecule has 1 aliphatic rings. The summed E-state index contributed by atoms with van der Waals surface area (Å²) in [5.74, 6) is 0. The van der Waals surface area contributed by atoms with Gasteiger partial charge in [0.2, 0.25) is 0 Å². The third-order valence-corrected chi connectivity index (χ3v) is 11.2. The van der Waals surface area contributed by atoms with E-state index in [-0.39, 0.29) is 37.2 Å². The van der Waals surface area contributed by atoms with Crippen LogP contribution in [0.25, 0.3) is 0 Å². The fourth-order valence-electron chi connectivity index (χ4n) is 4.04. The van der Waals surface area contributed by atoms with Crippen LogP contribution in [0.5, 0.6) is 0 Å². The van der Waals surface area contributed by atoms with E-state index in [9.17, 15) is 0 Å². The minimum atomic E-state index is -1.68. The molecule has 148 valence electrons. The molecule has 0 radical (unpaired) electrons. The second-order valence-electron chi connectivity index (χ2n) is 7.25. The van der Waals surface area contributed by atoms with Gasteiger partial charge in [0.25, 0.3) is 0 Å². The van der Waals surface area contributed by atoms with Crippen LogP contribution in [0.1, 0.15) is 31.7 Å². The van der Waals surface area contributed by atoms with Crippen molar-refractivity contribution in [2.24, 2.45) is 0 Å². The van der Waals surface area contributed by atoms with Gasteiger partial charge in [-0.1, -0.05) is 0 Å². The van der Waals surface area contributed by atoms with Crippen LogP contribution < -0.4 is 42.4 Å². The molecule has 0 fully saturated rings. The van der Waals surface area contributed by atoms with Gasteiger partial charge in [0.15, 0.2) is 0 Å². The van der Waals surface area contributed by atoms with Gasteiger partial charge in [-0.2, -0.15) is 0 Å². The van der Waals surface area contributed by atoms with Gasteiger partial charge in [-0.25, -0.2) is 0 Å². The van der Waals surface area contributed by atoms with E-state index < -0.39 is 8.07 Å². The Morgan fingerprint density at radius 3 is 2.04 bits per heavy atom. The SMILES string of the molecule is CCCC[Si](C)(C1=[C]([Ti+3])CC=C1Cc1ccccc1)c1ccccc1.[Cl-].[Cl-].[Cl-]. The van der Waals surface area contributed by atoms with E-state index in [1.54, 1.807) is 19.8 Å². The second-order valence-corrected chi connectivity index (χ2v) is 12.4. The summed E-state index contributed by atoms with van der Waals surface area (Å²) in [5, 5.41) is 3.33. The van der Waals surface area contributed by atoms with E-state index in [2.05, 4.69) is 101 Å². The van der Waals surface area contributed by atoms with Crippen molar-refractivity contribution in [1.29, 1.82) is 0 Å². The van der Waals surface area contributed by atoms with E-state index in [0.29, 0.717) is 0 Å². The molecule has 0 N–H and O–H groups in total. The fourth-order valence-corrected chi connectivity index (χ4v) is 10.2. The zero-order valence-electron chi connectivity index (χ0n) is 16.5. The van der Waals surface area contributed by atoms with E-state index >= 15 is 0 Å². The molecule has 0 aliphatic heterocycles. The number of hydrogen-bond donors (Lipinski definition) is 0. The molecule has 5 heteroatoms. The molecule has 0 nitrogen and oxygen atoms in total. The molecule has 0 heterocycles. The Balaban J connectivity index is 0.00000243. The van der Waals surface area contributed by atoms with E-state index in [4.69, 9.17) is 0 Å². The number of halogens is 3. The van der Waals surface area contributed by atoms with Gasteiger partial charge in [0.1, 0.15) is 0 Å². The molecule has 1 unspecified atom stereocenters. The number of benzene rings is 2. The van der Waals surface area contributed by atoms with Crippen molar-refractivity contribution in [3.8, 4) is 0 Å². The van der Waals surface area contributed by atoms with Crippen LogP contribution in [0, 0.1) is 0 Å². The van der Waals surface area contributed by atoms with Gasteiger partial charge in [-0.3, -0.25) is 0 Å². The van der Waals surface area contributed by atoms with Crippen molar-refractivity contribution in [1.82, 2.24) is 0 Å². The molecule has 1 aliphatic carbocycles. The minimum Gasteiger partial charge on any atom is -1.00 e. The summed E-state index contributed by atoms with van der Waals surface area (Å²) in [7, 11) is -1.68. The van der Waals surface area contributed by atoms with Gasteiger partial charge in [-0.05, 0) is 0 Å². The van der Waals surface area contributed by atoms with Crippen LogP contribution in [0.2, 0.25) is 12.6 Å². The molecule has 0 saturated carbocycles. The Kier molecular flexibility index (Phi) is 13.0. The predicted octanol–water partition coefficient (Wildman–Crippen LogP) is -3.30. The van der Waals surface area contributed by atoms with Gasteiger partial charge >= 0.3 is 166 Å². The van der Waals surface area contributed by atoms with Crippen molar-refractivity contribution in [2.45, 2.75) is 45.2 Å². The molecule has 2 aromatic carbocycles. The topological polar surface area (TPSA) is 0 Å². The van der Waals surface area contributed by atoms with Crippen molar-refractivity contribution in [3.05, 3.63) is 87.0 Å². The summed E-state index contributed by atoms with van der Waals surface area (Å²) in [6.45, 7) is 4.91. The molecule has 3 rings (SSSR count). The maximum absolute atomic E-state index is 2.60. The van der Waals surface area contributed by atoms with Gasteiger partial charge in [0, 0.05) is 0 Å². The van der Waals surface area contributed by atoms with Crippen LogP contribution in [-0.2, 0) is 26.9 Å². The van der Waals surface area contributed by atoms with Crippen molar-refractivity contribution in [3.63, 3.8) is 0 Å². The molecular weight excluding hydrogens is 459 g/mol. The molecule has 0 bridgehead atoms. The van der Waals surface area contributed by atoms with Crippen LogP contribution in [0.3, 0.4) is 0 Å². The van der Waals surface area contributed by atoms with Gasteiger partial charge in [-0.15, -0.1) is 0 Å². The Morgan fingerprint density at radius 2 is 1.46 bits per heavy atom. The van der Waals surface area contributed by atoms with Gasteiger partial charge in [0.05, 0.1) is 0 Å². The molecule has 28 heavy (non-hydrogen) atoms. The maximum Gasteiger partial charge on any atom is -1.00 e.